The summed E-state index contributed by atoms with van der Waals surface area (Å²) in [6.45, 7) is 11.5. The maximum Gasteiger partial charge on any atom is 0.297 e. The smallest absolute Gasteiger partial charge is 0.297 e. The number of nitrogens with one attached hydrogen (secondary N) is 3. The number of guanidine groups is 1. The molecule has 0 saturated carbocycles. The van der Waals surface area contributed by atoms with Crippen molar-refractivity contribution in [2.75, 3.05) is 13.2 Å². The molecule has 12 nitrogen and oxygen atoms in total. The molecule has 1 unspecified atom stereocenters. The van der Waals surface area contributed by atoms with Gasteiger partial charge in [-0.1, -0.05) is 141 Å². The molecule has 0 bridgehead atoms. The third kappa shape index (κ3) is 6.52. The summed E-state index contributed by atoms with van der Waals surface area (Å²) in [5.41, 5.74) is -1.21. The number of alkyl halides is 3. The Morgan fingerprint density at radius 1 is 1.02 bits per heavy atom. The number of carbonyl (C=O) groups excluding carboxylic acids is 1. The fourth-order valence-electron chi connectivity index (χ4n) is 7.39. The van der Waals surface area contributed by atoms with Gasteiger partial charge in [-0.25, -0.2) is 4.99 Å². The molecular weight excluding hydrogens is 769 g/mol. The minimum absolute atomic E-state index is 0.105. The number of rotatable bonds is 8. The van der Waals surface area contributed by atoms with Gasteiger partial charge < -0.3 is 30.2 Å². The van der Waals surface area contributed by atoms with Crippen molar-refractivity contribution in [3.8, 4) is 0 Å². The maximum absolute atomic E-state index is 13.5. The van der Waals surface area contributed by atoms with Crippen molar-refractivity contribution >= 4 is 75.5 Å². The summed E-state index contributed by atoms with van der Waals surface area (Å²) in [6.07, 6.45) is -1.81. The zero-order valence-corrected chi connectivity index (χ0v) is 32.9. The monoisotopic (exact) mass is 807 g/mol. The molecule has 1 amide bonds. The second-order valence-electron chi connectivity index (χ2n) is 14.1. The number of carbonyl (C=O) groups is 1. The quantitative estimate of drug-likeness (QED) is 0.0991. The van der Waals surface area contributed by atoms with Gasteiger partial charge in [0.15, 0.2) is 11.8 Å². The summed E-state index contributed by atoms with van der Waals surface area (Å²) in [7, 11) is -7.70. The number of hydrogen-bond donors (Lipinski definition) is 5. The number of benzene rings is 3. The van der Waals surface area contributed by atoms with Crippen LogP contribution in [0.15, 0.2) is 107 Å². The first-order valence-electron chi connectivity index (χ1n) is 16.4. The van der Waals surface area contributed by atoms with Crippen LogP contribution in [0.25, 0.3) is 0 Å². The molecule has 3 aliphatic rings. The van der Waals surface area contributed by atoms with E-state index in [-0.39, 0.29) is 23.3 Å². The molecule has 5 N–H and O–H groups in total. The summed E-state index contributed by atoms with van der Waals surface area (Å²) in [5, 5.41) is 34.5. The van der Waals surface area contributed by atoms with Gasteiger partial charge in [-0.2, -0.15) is 8.42 Å². The zero-order valence-electron chi connectivity index (χ0n) is 28.8. The van der Waals surface area contributed by atoms with Crippen molar-refractivity contribution in [1.82, 2.24) is 20.9 Å². The molecular formula is C35H40Cl3N5O7SSi. The summed E-state index contributed by atoms with van der Waals surface area (Å²) < 4.78 is 37.3. The van der Waals surface area contributed by atoms with Gasteiger partial charge in [0.05, 0.1) is 29.9 Å². The van der Waals surface area contributed by atoms with Gasteiger partial charge in [-0.15, -0.1) is 0 Å². The summed E-state index contributed by atoms with van der Waals surface area (Å²) in [5.74, 6) is -4.12. The highest BCUT2D eigenvalue weighted by atomic mass is 35.6. The number of nitrogens with zero attached hydrogens (tertiary/aromatic N) is 2. The first-order chi connectivity index (χ1) is 24.2. The Balaban J connectivity index is 1.45. The lowest BCUT2D eigenvalue weighted by atomic mass is 9.86. The van der Waals surface area contributed by atoms with E-state index in [4.69, 9.17) is 48.4 Å². The second-order valence-corrected chi connectivity index (χ2v) is 22.3. The summed E-state index contributed by atoms with van der Waals surface area (Å²) >= 11 is 17.9. The molecule has 0 aliphatic carbocycles. The molecule has 6 rings (SSSR count). The third-order valence-electron chi connectivity index (χ3n) is 9.76. The van der Waals surface area contributed by atoms with E-state index in [1.165, 1.54) is 17.0 Å². The van der Waals surface area contributed by atoms with Crippen LogP contribution in [0.4, 0.5) is 0 Å². The molecule has 17 heteroatoms. The molecule has 278 valence electrons. The molecule has 3 heterocycles. The van der Waals surface area contributed by atoms with E-state index < -0.39 is 69.4 Å². The SMILES string of the molecule is C=C1N[C@H]2[C@H](CO[Si](c3ccccc3)(c3ccccc3)C(C)(C)C)N=C(NC(=O)C(Cl)(Cl)Cl)N3C[C@H](OS(=O)(=O)c4ccc(C)cc4)C(O)(O)C23N1. The average Bonchev–Trinajstić information content (AvgIpc) is 3.54. The van der Waals surface area contributed by atoms with Crippen LogP contribution in [-0.4, -0.2) is 90.3 Å². The van der Waals surface area contributed by atoms with Crippen molar-refractivity contribution in [3.05, 3.63) is 103 Å². The maximum atomic E-state index is 13.5. The lowest BCUT2D eigenvalue weighted by Gasteiger charge is -2.50. The lowest BCUT2D eigenvalue weighted by Crippen LogP contribution is -2.78. The molecule has 4 atom stereocenters. The Kier molecular flexibility index (Phi) is 10.1. The highest BCUT2D eigenvalue weighted by Gasteiger charge is 2.75. The van der Waals surface area contributed by atoms with Crippen molar-refractivity contribution < 1.29 is 32.0 Å². The Hall–Kier alpha value is -3.18. The van der Waals surface area contributed by atoms with Crippen LogP contribution in [-0.2, 0) is 23.5 Å². The first-order valence-corrected chi connectivity index (χ1v) is 20.9. The average molecular weight is 809 g/mol. The molecule has 3 aromatic rings. The van der Waals surface area contributed by atoms with Gasteiger partial charge in [0.1, 0.15) is 6.04 Å². The number of aryl methyl sites for hydroxylation is 1. The van der Waals surface area contributed by atoms with Crippen LogP contribution in [0.5, 0.6) is 0 Å². The predicted molar refractivity (Wildman–Crippen MR) is 202 cm³/mol. The molecule has 0 radical (unpaired) electrons. The molecule has 0 aromatic heterocycles. The van der Waals surface area contributed by atoms with Crippen molar-refractivity contribution in [2.24, 2.45) is 4.99 Å². The van der Waals surface area contributed by atoms with E-state index in [1.807, 2.05) is 60.7 Å². The van der Waals surface area contributed by atoms with E-state index in [1.54, 1.807) is 19.1 Å². The largest absolute Gasteiger partial charge is 0.405 e. The molecule has 2 saturated heterocycles. The Bertz CT molecular complexity index is 1940. The fraction of sp³-hybridized carbons (Fsp3) is 0.371. The summed E-state index contributed by atoms with van der Waals surface area (Å²) in [6, 6.07) is 23.7. The Labute approximate surface area is 319 Å². The van der Waals surface area contributed by atoms with E-state index >= 15 is 0 Å². The van der Waals surface area contributed by atoms with Gasteiger partial charge in [0, 0.05) is 0 Å². The van der Waals surface area contributed by atoms with Crippen LogP contribution in [0.1, 0.15) is 26.3 Å². The minimum Gasteiger partial charge on any atom is -0.405 e. The topological polar surface area (TPSA) is 162 Å². The van der Waals surface area contributed by atoms with Crippen molar-refractivity contribution in [1.29, 1.82) is 0 Å². The molecule has 1 spiro atoms. The van der Waals surface area contributed by atoms with E-state index in [2.05, 4.69) is 43.3 Å². The van der Waals surface area contributed by atoms with Crippen LogP contribution < -0.4 is 26.3 Å². The number of hydrogen-bond acceptors (Lipinski definition) is 11. The van der Waals surface area contributed by atoms with E-state index in [0.29, 0.717) is 0 Å². The number of aliphatic hydroxyl groups is 2. The molecule has 3 aliphatic heterocycles. The van der Waals surface area contributed by atoms with Gasteiger partial charge in [0.2, 0.25) is 11.7 Å². The molecule has 52 heavy (non-hydrogen) atoms. The molecule has 3 aromatic carbocycles. The van der Waals surface area contributed by atoms with Crippen molar-refractivity contribution in [2.45, 2.75) is 71.1 Å². The lowest BCUT2D eigenvalue weighted by molar-refractivity contribution is -0.252. The number of aliphatic imine (C=N–C) groups is 1. The van der Waals surface area contributed by atoms with Crippen molar-refractivity contribution in [3.63, 3.8) is 0 Å². The Morgan fingerprint density at radius 2 is 1.58 bits per heavy atom. The second kappa shape index (κ2) is 13.6. The minimum atomic E-state index is -4.53. The fourth-order valence-corrected chi connectivity index (χ4v) is 13.2. The third-order valence-corrected chi connectivity index (χ3v) is 16.6. The van der Waals surface area contributed by atoms with E-state index in [0.717, 1.165) is 15.9 Å². The first kappa shape index (κ1) is 38.5. The highest BCUT2D eigenvalue weighted by Crippen LogP contribution is 2.47. The van der Waals surface area contributed by atoms with Gasteiger partial charge in [-0.05, 0) is 34.5 Å². The van der Waals surface area contributed by atoms with E-state index in [9.17, 15) is 23.4 Å². The normalized spacial score (nSPS) is 24.3. The molecule has 2 fully saturated rings. The van der Waals surface area contributed by atoms with Gasteiger partial charge in [-0.3, -0.25) is 14.3 Å². The predicted octanol–water partition coefficient (Wildman–Crippen LogP) is 2.60. The van der Waals surface area contributed by atoms with Crippen LogP contribution in [0.2, 0.25) is 5.04 Å². The van der Waals surface area contributed by atoms with Crippen LogP contribution >= 0.6 is 34.8 Å². The zero-order chi connectivity index (χ0) is 37.9. The Morgan fingerprint density at radius 3 is 2.10 bits per heavy atom. The van der Waals surface area contributed by atoms with Crippen LogP contribution in [0.3, 0.4) is 0 Å². The number of amides is 1. The standard InChI is InChI=1S/C35H40Cl3N5O7SSi/c1-22-16-18-24(19-17-22)51(47,48)50-28-20-43-31(41-30(44)35(36,37)38)40-27(29-33(43,34(28,45)46)42-23(2)39-29)21-49-52(32(3,4)5,25-12-8-6-9-13-25)26-14-10-7-11-15-26/h6-19,27-29,39,42,45-46H,2,20-21H2,1,3-5H3,(H,40,41,44)/t27-,28-,29-,33?/m0/s1. The highest BCUT2D eigenvalue weighted by molar-refractivity contribution is 7.86. The summed E-state index contributed by atoms with van der Waals surface area (Å²) in [4.78, 5) is 19.1. The van der Waals surface area contributed by atoms with Crippen LogP contribution in [0, 0.1) is 6.92 Å². The van der Waals surface area contributed by atoms with Gasteiger partial charge in [0.25, 0.3) is 28.1 Å². The number of halogens is 3. The van der Waals surface area contributed by atoms with Gasteiger partial charge >= 0.3 is 0 Å².